The summed E-state index contributed by atoms with van der Waals surface area (Å²) in [4.78, 5) is 101. The Hall–Kier alpha value is -6.13. The lowest BCUT2D eigenvalue weighted by molar-refractivity contribution is -0.136. The van der Waals surface area contributed by atoms with Crippen LogP contribution in [0.4, 0.5) is 22.0 Å². The average molecular weight is 804 g/mol. The molecular formula is C42H49N11O6. The van der Waals surface area contributed by atoms with Crippen LogP contribution in [0.3, 0.4) is 0 Å². The number of anilines is 3. The lowest BCUT2D eigenvalue weighted by Gasteiger charge is -2.48. The number of likely N-dealkylation sites (N-methyl/N-ethyl adjacent to an activating group) is 1. The summed E-state index contributed by atoms with van der Waals surface area (Å²) in [5.74, 6) is -1.97. The fraction of sp³-hybridized carbons (Fsp3) is 0.500. The number of piperidine rings is 4. The van der Waals surface area contributed by atoms with Crippen molar-refractivity contribution < 1.29 is 28.8 Å². The van der Waals surface area contributed by atoms with E-state index in [1.165, 1.54) is 0 Å². The Balaban J connectivity index is 0.798. The van der Waals surface area contributed by atoms with Crippen molar-refractivity contribution in [2.24, 2.45) is 11.1 Å². The lowest BCUT2D eigenvalue weighted by atomic mass is 9.71. The molecule has 5 saturated heterocycles. The normalized spacial score (nSPS) is 23.4. The largest absolute Gasteiger partial charge is 0.371 e. The van der Waals surface area contributed by atoms with Crippen molar-refractivity contribution in [2.75, 3.05) is 74.1 Å². The van der Waals surface area contributed by atoms with Crippen molar-refractivity contribution >= 4 is 52.8 Å². The van der Waals surface area contributed by atoms with Gasteiger partial charge in [-0.1, -0.05) is 0 Å². The van der Waals surface area contributed by atoms with E-state index in [0.29, 0.717) is 30.0 Å². The van der Waals surface area contributed by atoms with Gasteiger partial charge in [-0.25, -0.2) is 14.8 Å². The highest BCUT2D eigenvalue weighted by Gasteiger charge is 2.45. The molecule has 0 radical (unpaired) electrons. The molecule has 8 heterocycles. The first-order valence-corrected chi connectivity index (χ1v) is 20.7. The van der Waals surface area contributed by atoms with E-state index in [9.17, 15) is 28.8 Å². The number of nitrogens with zero attached hydrogens (tertiary/aromatic N) is 9. The maximum Gasteiger partial charge on any atom is 0.320 e. The fourth-order valence-electron chi connectivity index (χ4n) is 9.84. The number of nitrogens with two attached hydrogens (primary N) is 1. The zero-order valence-electron chi connectivity index (χ0n) is 33.3. The van der Waals surface area contributed by atoms with Crippen LogP contribution in [0.5, 0.6) is 0 Å². The number of hydrogen-bond donors (Lipinski definition) is 2. The summed E-state index contributed by atoms with van der Waals surface area (Å²) >= 11 is 0. The van der Waals surface area contributed by atoms with Crippen LogP contribution in [0.15, 0.2) is 42.7 Å². The number of urea groups is 1. The first-order chi connectivity index (χ1) is 28.5. The summed E-state index contributed by atoms with van der Waals surface area (Å²) in [6, 6.07) is 8.56. The van der Waals surface area contributed by atoms with Gasteiger partial charge in [-0.15, -0.1) is 0 Å². The zero-order valence-corrected chi connectivity index (χ0v) is 33.3. The van der Waals surface area contributed by atoms with Crippen LogP contribution in [-0.2, 0) is 16.0 Å². The summed E-state index contributed by atoms with van der Waals surface area (Å²) in [6.45, 7) is 6.36. The third-order valence-electron chi connectivity index (χ3n) is 13.4. The summed E-state index contributed by atoms with van der Waals surface area (Å²) in [6.07, 6.45) is 9.98. The van der Waals surface area contributed by atoms with Crippen molar-refractivity contribution in [3.63, 3.8) is 0 Å². The van der Waals surface area contributed by atoms with Gasteiger partial charge in [0, 0.05) is 83.6 Å². The molecule has 6 aliphatic rings. The highest BCUT2D eigenvalue weighted by atomic mass is 16.2. The van der Waals surface area contributed by atoms with Gasteiger partial charge in [0.1, 0.15) is 17.6 Å². The molecular weight excluding hydrogens is 755 g/mol. The number of amides is 7. The number of hydrogen-bond acceptors (Lipinski definition) is 12. The van der Waals surface area contributed by atoms with Gasteiger partial charge in [-0.3, -0.25) is 39.2 Å². The summed E-state index contributed by atoms with van der Waals surface area (Å²) in [5.41, 5.74) is 9.84. The average Bonchev–Trinajstić information content (AvgIpc) is 3.71. The molecule has 1 aromatic carbocycles. The Kier molecular flexibility index (Phi) is 9.91. The minimum absolute atomic E-state index is 0.0598. The molecule has 1 unspecified atom stereocenters. The summed E-state index contributed by atoms with van der Waals surface area (Å²) in [7, 11) is 1.83. The molecule has 17 heteroatoms. The molecule has 3 N–H and O–H groups in total. The minimum atomic E-state index is -0.982. The van der Waals surface area contributed by atoms with Crippen molar-refractivity contribution in [1.29, 1.82) is 0 Å². The molecule has 2 atom stereocenters. The number of aromatic nitrogens is 3. The Bertz CT molecular complexity index is 2210. The molecule has 0 bridgehead atoms. The van der Waals surface area contributed by atoms with Crippen LogP contribution in [0, 0.1) is 5.41 Å². The van der Waals surface area contributed by atoms with Gasteiger partial charge in [-0.2, -0.15) is 0 Å². The number of carbonyl (C=O) groups is 6. The van der Waals surface area contributed by atoms with E-state index in [1.807, 2.05) is 30.3 Å². The van der Waals surface area contributed by atoms with E-state index in [-0.39, 0.29) is 41.6 Å². The molecule has 2 aromatic heterocycles. The number of fused-ring (bicyclic) bond motifs is 1. The molecule has 9 rings (SSSR count). The summed E-state index contributed by atoms with van der Waals surface area (Å²) in [5, 5.41) is 2.25. The van der Waals surface area contributed by atoms with Crippen molar-refractivity contribution in [1.82, 2.24) is 35.0 Å². The predicted octanol–water partition coefficient (Wildman–Crippen LogP) is 2.19. The molecule has 308 valence electrons. The van der Waals surface area contributed by atoms with E-state index in [2.05, 4.69) is 31.1 Å². The van der Waals surface area contributed by atoms with Crippen LogP contribution in [0.1, 0.15) is 94.0 Å². The molecule has 17 nitrogen and oxygen atoms in total. The number of nitrogens with one attached hydrogen (secondary N) is 1. The Labute approximate surface area is 341 Å². The van der Waals surface area contributed by atoms with E-state index < -0.39 is 35.6 Å². The SMILES string of the molecule is CN1CCN([C@H]2CCCN(c3cnc(C(N)=O)c(Cc4ccc(N5CCC6(CC5)CCN(c5ccc7c(c5)C(=O)N(C5CCC(=O)NC5=O)C7=O)CC6)cn4)n3)C2)C1=O. The quantitative estimate of drug-likeness (QED) is 0.316. The Morgan fingerprint density at radius 1 is 0.814 bits per heavy atom. The molecule has 1 spiro atoms. The first kappa shape index (κ1) is 38.4. The molecule has 59 heavy (non-hydrogen) atoms. The van der Waals surface area contributed by atoms with Crippen LogP contribution in [-0.4, -0.2) is 137 Å². The minimum Gasteiger partial charge on any atom is -0.371 e. The molecule has 5 fully saturated rings. The van der Waals surface area contributed by atoms with Crippen molar-refractivity contribution in [2.45, 2.75) is 69.9 Å². The predicted molar refractivity (Wildman–Crippen MR) is 216 cm³/mol. The van der Waals surface area contributed by atoms with Gasteiger partial charge in [-0.05, 0) is 80.7 Å². The van der Waals surface area contributed by atoms with Crippen LogP contribution < -0.4 is 25.8 Å². The number of pyridine rings is 1. The van der Waals surface area contributed by atoms with Crippen LogP contribution in [0.2, 0.25) is 0 Å². The monoisotopic (exact) mass is 803 g/mol. The van der Waals surface area contributed by atoms with Gasteiger partial charge in [0.15, 0.2) is 0 Å². The second-order valence-electron chi connectivity index (χ2n) is 16.9. The molecule has 6 aliphatic heterocycles. The number of carbonyl (C=O) groups excluding carboxylic acids is 6. The summed E-state index contributed by atoms with van der Waals surface area (Å²) < 4.78 is 0. The maximum atomic E-state index is 13.4. The maximum absolute atomic E-state index is 13.4. The Morgan fingerprint density at radius 3 is 2.19 bits per heavy atom. The van der Waals surface area contributed by atoms with Gasteiger partial charge in [0.05, 0.1) is 40.9 Å². The van der Waals surface area contributed by atoms with Gasteiger partial charge in [0.25, 0.3) is 17.7 Å². The second kappa shape index (κ2) is 15.2. The molecule has 7 amide bonds. The van der Waals surface area contributed by atoms with Crippen LogP contribution >= 0.6 is 0 Å². The van der Waals surface area contributed by atoms with Crippen LogP contribution in [0.25, 0.3) is 0 Å². The number of primary amides is 1. The number of rotatable bonds is 8. The number of imide groups is 2. The van der Waals surface area contributed by atoms with Gasteiger partial charge >= 0.3 is 6.03 Å². The first-order valence-electron chi connectivity index (χ1n) is 20.7. The van der Waals surface area contributed by atoms with E-state index >= 15 is 0 Å². The third kappa shape index (κ3) is 7.20. The molecule has 0 aliphatic carbocycles. The lowest BCUT2D eigenvalue weighted by Crippen LogP contribution is -2.54. The molecule has 3 aromatic rings. The van der Waals surface area contributed by atoms with Crippen molar-refractivity contribution in [3.8, 4) is 0 Å². The standard InChI is InChI=1S/C42H49N11O6/c1-48-19-20-52(41(48)59)29-3-2-14-51(25-29)34-24-45-36(37(43)55)32(46-34)21-26-4-5-28(23-44-26)50-17-12-42(13-18-50)10-15-49(16-11-42)27-6-7-30-31(22-27)40(58)53(39(30)57)33-8-9-35(54)47-38(33)56/h4-7,22-24,29,33H,2-3,8-21,25H2,1H3,(H2,43,55)(H,47,54,56)/t29-,33?/m0/s1. The highest BCUT2D eigenvalue weighted by Crippen LogP contribution is 2.43. The smallest absolute Gasteiger partial charge is 0.320 e. The fourth-order valence-corrected chi connectivity index (χ4v) is 9.84. The van der Waals surface area contributed by atoms with Crippen molar-refractivity contribution in [3.05, 3.63) is 70.9 Å². The van der Waals surface area contributed by atoms with Gasteiger partial charge in [0.2, 0.25) is 11.8 Å². The second-order valence-corrected chi connectivity index (χ2v) is 16.9. The molecule has 0 saturated carbocycles. The number of benzene rings is 1. The topological polar surface area (TPSA) is 199 Å². The zero-order chi connectivity index (χ0) is 41.0. The van der Waals surface area contributed by atoms with Gasteiger partial charge < -0.3 is 30.2 Å². The van der Waals surface area contributed by atoms with E-state index in [4.69, 9.17) is 15.7 Å². The van der Waals surface area contributed by atoms with E-state index in [1.54, 1.807) is 23.2 Å². The Morgan fingerprint density at radius 2 is 1.53 bits per heavy atom. The third-order valence-corrected chi connectivity index (χ3v) is 13.4. The highest BCUT2D eigenvalue weighted by molar-refractivity contribution is 6.23. The van der Waals surface area contributed by atoms with E-state index in [0.717, 1.165) is 106 Å².